The minimum absolute atomic E-state index is 0.0565. The van der Waals surface area contributed by atoms with E-state index in [2.05, 4.69) is 16.6 Å². The Morgan fingerprint density at radius 1 is 1.41 bits per heavy atom. The molecule has 0 aliphatic carbocycles. The van der Waals surface area contributed by atoms with Crippen LogP contribution in [-0.2, 0) is 4.79 Å². The molecule has 8 heteroatoms. The van der Waals surface area contributed by atoms with Gasteiger partial charge in [-0.25, -0.2) is 9.18 Å². The van der Waals surface area contributed by atoms with Gasteiger partial charge in [0, 0.05) is 18.3 Å². The van der Waals surface area contributed by atoms with Crippen molar-refractivity contribution in [2.75, 3.05) is 25.4 Å². The predicted octanol–water partition coefficient (Wildman–Crippen LogP) is 3.41. The van der Waals surface area contributed by atoms with Crippen LogP contribution in [-0.4, -0.2) is 42.3 Å². The fraction of sp³-hybridized carbons (Fsp3) is 0.474. The Balaban J connectivity index is 1.62. The zero-order chi connectivity index (χ0) is 19.6. The minimum atomic E-state index is -0.381. The molecular weight excluding hydrogens is 369 g/mol. The number of urea groups is 1. The van der Waals surface area contributed by atoms with E-state index in [9.17, 15) is 14.0 Å². The molecule has 6 nitrogen and oxygen atoms in total. The van der Waals surface area contributed by atoms with Crippen LogP contribution in [0.4, 0.5) is 9.18 Å². The highest BCUT2D eigenvalue weighted by Crippen LogP contribution is 2.24. The second kappa shape index (κ2) is 10.9. The lowest BCUT2D eigenvalue weighted by atomic mass is 10.1. The molecule has 2 rings (SSSR count). The first kappa shape index (κ1) is 21.2. The van der Waals surface area contributed by atoms with E-state index in [1.165, 1.54) is 11.0 Å². The first-order chi connectivity index (χ1) is 13.0. The van der Waals surface area contributed by atoms with Crippen LogP contribution in [0.25, 0.3) is 0 Å². The molecule has 1 aromatic carbocycles. The Kier molecular flexibility index (Phi) is 8.60. The van der Waals surface area contributed by atoms with Crippen LogP contribution in [0.3, 0.4) is 0 Å². The summed E-state index contributed by atoms with van der Waals surface area (Å²) >= 11 is 1.62. The molecule has 1 aliphatic rings. The zero-order valence-corrected chi connectivity index (χ0v) is 16.3. The third-order valence-corrected chi connectivity index (χ3v) is 5.13. The van der Waals surface area contributed by atoms with E-state index < -0.39 is 0 Å². The van der Waals surface area contributed by atoms with Crippen molar-refractivity contribution in [2.24, 2.45) is 0 Å². The molecular formula is C19H26FN3O3S. The molecule has 1 atom stereocenters. The molecule has 27 heavy (non-hydrogen) atoms. The number of unbranched alkanes of at least 4 members (excludes halogenated alkanes) is 2. The number of ether oxygens (including phenoxy) is 1. The van der Waals surface area contributed by atoms with Gasteiger partial charge in [0.2, 0.25) is 5.91 Å². The van der Waals surface area contributed by atoms with Crippen LogP contribution in [0.2, 0.25) is 0 Å². The van der Waals surface area contributed by atoms with Crippen molar-refractivity contribution in [1.29, 1.82) is 0 Å². The molecule has 0 spiro atoms. The molecule has 0 unspecified atom stereocenters. The van der Waals surface area contributed by atoms with E-state index in [1.54, 1.807) is 30.2 Å². The lowest BCUT2D eigenvalue weighted by Gasteiger charge is -2.15. The van der Waals surface area contributed by atoms with Crippen molar-refractivity contribution in [3.8, 4) is 5.75 Å². The van der Waals surface area contributed by atoms with Gasteiger partial charge in [0.1, 0.15) is 13.2 Å². The highest BCUT2D eigenvalue weighted by atomic mass is 32.2. The number of nitrogens with one attached hydrogen (secondary N) is 2. The summed E-state index contributed by atoms with van der Waals surface area (Å²) < 4.78 is 22.4. The van der Waals surface area contributed by atoms with E-state index in [0.29, 0.717) is 6.54 Å². The standard InChI is InChI=1S/C19H26FN3O3S/c1-3-10-26-17-12-15(7-8-16(17)20)14(2)22-27-11-6-4-5-9-23-13-18(24)21-19(23)25/h3,7-8,12,14,22H,1,4-6,9-11,13H2,2H3,(H,21,24,25)/t14-/m0/s1. The van der Waals surface area contributed by atoms with Crippen LogP contribution >= 0.6 is 11.9 Å². The minimum Gasteiger partial charge on any atom is -0.486 e. The summed E-state index contributed by atoms with van der Waals surface area (Å²) in [7, 11) is 0. The first-order valence-electron chi connectivity index (χ1n) is 9.00. The summed E-state index contributed by atoms with van der Waals surface area (Å²) in [5.41, 5.74) is 0.952. The third-order valence-electron chi connectivity index (χ3n) is 4.11. The summed E-state index contributed by atoms with van der Waals surface area (Å²) in [5, 5.41) is 2.27. The van der Waals surface area contributed by atoms with Crippen molar-refractivity contribution in [1.82, 2.24) is 14.9 Å². The molecule has 0 saturated carbocycles. The smallest absolute Gasteiger partial charge is 0.324 e. The maximum Gasteiger partial charge on any atom is 0.324 e. The number of carbonyl (C=O) groups excluding carboxylic acids is 2. The lowest BCUT2D eigenvalue weighted by Crippen LogP contribution is -2.29. The van der Waals surface area contributed by atoms with Gasteiger partial charge in [-0.05, 0) is 37.5 Å². The van der Waals surface area contributed by atoms with E-state index in [0.717, 1.165) is 30.6 Å². The van der Waals surface area contributed by atoms with Crippen LogP contribution in [0.1, 0.15) is 37.8 Å². The van der Waals surface area contributed by atoms with Crippen molar-refractivity contribution >= 4 is 23.9 Å². The molecule has 0 bridgehead atoms. The number of hydrogen-bond acceptors (Lipinski definition) is 5. The van der Waals surface area contributed by atoms with Gasteiger partial charge in [0.25, 0.3) is 0 Å². The molecule has 0 aromatic heterocycles. The average molecular weight is 396 g/mol. The second-order valence-electron chi connectivity index (χ2n) is 6.31. The van der Waals surface area contributed by atoms with E-state index in [4.69, 9.17) is 4.74 Å². The molecule has 3 amide bonds. The number of imide groups is 1. The van der Waals surface area contributed by atoms with Crippen LogP contribution in [0, 0.1) is 5.82 Å². The van der Waals surface area contributed by atoms with Crippen molar-refractivity contribution in [2.45, 2.75) is 32.2 Å². The quantitative estimate of drug-likeness (QED) is 0.246. The summed E-state index contributed by atoms with van der Waals surface area (Å²) in [5.74, 6) is 0.549. The molecule has 2 N–H and O–H groups in total. The Bertz CT molecular complexity index is 672. The maximum absolute atomic E-state index is 13.7. The van der Waals surface area contributed by atoms with Gasteiger partial charge < -0.3 is 9.64 Å². The van der Waals surface area contributed by atoms with E-state index in [1.807, 2.05) is 6.92 Å². The molecule has 1 heterocycles. The highest BCUT2D eigenvalue weighted by Gasteiger charge is 2.25. The van der Waals surface area contributed by atoms with Gasteiger partial charge in [-0.15, -0.1) is 0 Å². The summed E-state index contributed by atoms with van der Waals surface area (Å²) in [6.07, 6.45) is 4.44. The molecule has 1 aliphatic heterocycles. The summed E-state index contributed by atoms with van der Waals surface area (Å²) in [6.45, 7) is 6.62. The van der Waals surface area contributed by atoms with Gasteiger partial charge in [-0.3, -0.25) is 14.8 Å². The number of carbonyl (C=O) groups is 2. The highest BCUT2D eigenvalue weighted by molar-refractivity contribution is 7.97. The zero-order valence-electron chi connectivity index (χ0n) is 15.5. The number of benzene rings is 1. The summed E-state index contributed by atoms with van der Waals surface area (Å²) in [4.78, 5) is 24.0. The van der Waals surface area contributed by atoms with Crippen molar-refractivity contribution in [3.05, 3.63) is 42.2 Å². The number of rotatable bonds is 12. The normalized spacial score (nSPS) is 15.0. The van der Waals surface area contributed by atoms with Crippen molar-refractivity contribution < 1.29 is 18.7 Å². The number of nitrogens with zero attached hydrogens (tertiary/aromatic N) is 1. The fourth-order valence-electron chi connectivity index (χ4n) is 2.62. The molecule has 0 radical (unpaired) electrons. The van der Waals surface area contributed by atoms with E-state index in [-0.39, 0.29) is 42.7 Å². The SMILES string of the molecule is C=CCOc1cc([C@H](C)NSCCCCCN2CC(=O)NC2=O)ccc1F. The molecule has 148 valence electrons. The van der Waals surface area contributed by atoms with Crippen molar-refractivity contribution in [3.63, 3.8) is 0 Å². The van der Waals surface area contributed by atoms with Gasteiger partial charge in [0.15, 0.2) is 11.6 Å². The predicted molar refractivity (Wildman–Crippen MR) is 105 cm³/mol. The number of amides is 3. The molecule has 1 aromatic rings. The Hall–Kier alpha value is -2.06. The third kappa shape index (κ3) is 6.88. The van der Waals surface area contributed by atoms with Crippen LogP contribution < -0.4 is 14.8 Å². The van der Waals surface area contributed by atoms with E-state index >= 15 is 0 Å². The van der Waals surface area contributed by atoms with Crippen LogP contribution in [0.5, 0.6) is 5.75 Å². The number of hydrogen-bond donors (Lipinski definition) is 2. The van der Waals surface area contributed by atoms with Gasteiger partial charge >= 0.3 is 6.03 Å². The fourth-order valence-corrected chi connectivity index (χ4v) is 3.47. The lowest BCUT2D eigenvalue weighted by molar-refractivity contribution is -0.118. The number of halogens is 1. The molecule has 1 fully saturated rings. The Labute approximate surface area is 163 Å². The van der Waals surface area contributed by atoms with Gasteiger partial charge in [-0.1, -0.05) is 37.1 Å². The maximum atomic E-state index is 13.7. The average Bonchev–Trinajstić information content (AvgIpc) is 2.97. The largest absolute Gasteiger partial charge is 0.486 e. The Morgan fingerprint density at radius 3 is 2.93 bits per heavy atom. The van der Waals surface area contributed by atoms with Crippen LogP contribution in [0.15, 0.2) is 30.9 Å². The second-order valence-corrected chi connectivity index (χ2v) is 7.25. The Morgan fingerprint density at radius 2 is 2.22 bits per heavy atom. The monoisotopic (exact) mass is 395 g/mol. The molecule has 1 saturated heterocycles. The first-order valence-corrected chi connectivity index (χ1v) is 9.99. The topological polar surface area (TPSA) is 70.7 Å². The van der Waals surface area contributed by atoms with Gasteiger partial charge in [0.05, 0.1) is 0 Å². The summed E-state index contributed by atoms with van der Waals surface area (Å²) in [6, 6.07) is 4.63. The van der Waals surface area contributed by atoms with Gasteiger partial charge in [-0.2, -0.15) is 0 Å².